The fraction of sp³-hybridized carbons (Fsp3) is 0.150. The Morgan fingerprint density at radius 3 is 2.69 bits per heavy atom. The molecular weight excluding hydrogens is 326 g/mol. The van der Waals surface area contributed by atoms with Gasteiger partial charge in [0.1, 0.15) is 11.9 Å². The van der Waals surface area contributed by atoms with Gasteiger partial charge in [-0.2, -0.15) is 5.26 Å². The molecule has 3 aromatic rings. The molecule has 1 aromatic heterocycles. The van der Waals surface area contributed by atoms with Gasteiger partial charge in [-0.3, -0.25) is 0 Å². The topological polar surface area (TPSA) is 89.8 Å². The van der Waals surface area contributed by atoms with Crippen molar-refractivity contribution in [3.8, 4) is 6.07 Å². The summed E-state index contributed by atoms with van der Waals surface area (Å²) in [7, 11) is 0. The third-order valence-corrected chi connectivity index (χ3v) is 3.90. The lowest BCUT2D eigenvalue weighted by molar-refractivity contribution is 0.252. The molecule has 0 saturated heterocycles. The summed E-state index contributed by atoms with van der Waals surface area (Å²) in [5, 5.41) is 18.9. The van der Waals surface area contributed by atoms with Gasteiger partial charge in [0.2, 0.25) is 0 Å². The number of para-hydroxylation sites is 2. The lowest BCUT2D eigenvalue weighted by atomic mass is 10.1. The van der Waals surface area contributed by atoms with Gasteiger partial charge < -0.3 is 16.0 Å². The number of aromatic nitrogens is 1. The Bertz CT molecular complexity index is 963. The van der Waals surface area contributed by atoms with E-state index in [1.165, 1.54) is 0 Å². The fourth-order valence-electron chi connectivity index (χ4n) is 2.62. The van der Waals surface area contributed by atoms with Crippen LogP contribution in [0, 0.1) is 18.3 Å². The molecule has 1 heterocycles. The number of benzene rings is 2. The van der Waals surface area contributed by atoms with Gasteiger partial charge in [0.15, 0.2) is 0 Å². The van der Waals surface area contributed by atoms with Crippen molar-refractivity contribution in [2.24, 2.45) is 0 Å². The van der Waals surface area contributed by atoms with Crippen LogP contribution < -0.4 is 16.0 Å². The molecule has 130 valence electrons. The third-order valence-electron chi connectivity index (χ3n) is 3.90. The minimum atomic E-state index is -0.277. The monoisotopic (exact) mass is 345 g/mol. The summed E-state index contributed by atoms with van der Waals surface area (Å²) in [5.74, 6) is 0.527. The predicted molar refractivity (Wildman–Crippen MR) is 103 cm³/mol. The molecule has 0 aliphatic carbocycles. The first-order valence-corrected chi connectivity index (χ1v) is 8.31. The highest BCUT2D eigenvalue weighted by Gasteiger charge is 2.08. The number of nitrogens with one attached hydrogen (secondary N) is 3. The van der Waals surface area contributed by atoms with Crippen LogP contribution in [0.1, 0.15) is 11.1 Å². The van der Waals surface area contributed by atoms with Crippen molar-refractivity contribution in [1.29, 1.82) is 5.26 Å². The number of fused-ring (bicyclic) bond motifs is 1. The third kappa shape index (κ3) is 4.08. The second-order valence-electron chi connectivity index (χ2n) is 5.82. The zero-order chi connectivity index (χ0) is 18.4. The van der Waals surface area contributed by atoms with Gasteiger partial charge in [-0.1, -0.05) is 36.4 Å². The van der Waals surface area contributed by atoms with E-state index in [2.05, 4.69) is 27.0 Å². The fourth-order valence-corrected chi connectivity index (χ4v) is 2.62. The zero-order valence-electron chi connectivity index (χ0n) is 14.4. The summed E-state index contributed by atoms with van der Waals surface area (Å²) < 4.78 is 0. The van der Waals surface area contributed by atoms with E-state index in [0.717, 1.165) is 22.2 Å². The summed E-state index contributed by atoms with van der Waals surface area (Å²) in [4.78, 5) is 16.4. The maximum atomic E-state index is 11.8. The number of carbonyl (C=O) groups excluding carboxylic acids is 1. The second-order valence-corrected chi connectivity index (χ2v) is 5.82. The number of nitriles is 1. The van der Waals surface area contributed by atoms with Gasteiger partial charge >= 0.3 is 6.03 Å². The summed E-state index contributed by atoms with van der Waals surface area (Å²) in [6, 6.07) is 18.8. The molecule has 3 rings (SSSR count). The van der Waals surface area contributed by atoms with E-state index in [0.29, 0.717) is 24.5 Å². The van der Waals surface area contributed by atoms with Crippen molar-refractivity contribution in [2.75, 3.05) is 23.7 Å². The number of rotatable bonds is 5. The molecule has 2 aromatic carbocycles. The molecule has 26 heavy (non-hydrogen) atoms. The highest BCUT2D eigenvalue weighted by Crippen LogP contribution is 2.22. The molecule has 0 unspecified atom stereocenters. The highest BCUT2D eigenvalue weighted by molar-refractivity contribution is 5.89. The molecule has 0 aliphatic heterocycles. The first-order chi connectivity index (χ1) is 12.7. The van der Waals surface area contributed by atoms with E-state index in [9.17, 15) is 10.1 Å². The standard InChI is InChI=1S/C20H19N5O/c1-14-6-5-7-15-12-16(13-21)19(25-18(14)15)22-10-11-23-20(26)24-17-8-3-2-4-9-17/h2-9,12H,10-11H2,1H3,(H,22,25)(H2,23,24,26). The normalized spacial score (nSPS) is 10.2. The number of carbonyl (C=O) groups is 1. The van der Waals surface area contributed by atoms with Gasteiger partial charge in [0, 0.05) is 24.2 Å². The Kier molecular flexibility index (Phi) is 5.30. The minimum absolute atomic E-state index is 0.277. The maximum absolute atomic E-state index is 11.8. The maximum Gasteiger partial charge on any atom is 0.319 e. The molecule has 0 atom stereocenters. The van der Waals surface area contributed by atoms with Crippen molar-refractivity contribution in [2.45, 2.75) is 6.92 Å². The van der Waals surface area contributed by atoms with E-state index in [4.69, 9.17) is 0 Å². The van der Waals surface area contributed by atoms with Gasteiger partial charge in [0.25, 0.3) is 0 Å². The number of urea groups is 1. The molecule has 6 heteroatoms. The van der Waals surface area contributed by atoms with Crippen LogP contribution in [0.25, 0.3) is 10.9 Å². The molecule has 0 radical (unpaired) electrons. The quantitative estimate of drug-likeness (QED) is 0.616. The van der Waals surface area contributed by atoms with Crippen LogP contribution in [0.3, 0.4) is 0 Å². The van der Waals surface area contributed by atoms with Gasteiger partial charge in [-0.25, -0.2) is 9.78 Å². The van der Waals surface area contributed by atoms with E-state index in [1.807, 2.05) is 61.5 Å². The average Bonchev–Trinajstić information content (AvgIpc) is 2.66. The Balaban J connectivity index is 1.58. The number of hydrogen-bond acceptors (Lipinski definition) is 4. The number of amides is 2. The number of pyridine rings is 1. The molecule has 0 bridgehead atoms. The second kappa shape index (κ2) is 7.99. The summed E-state index contributed by atoms with van der Waals surface area (Å²) in [6.45, 7) is 2.85. The van der Waals surface area contributed by atoms with E-state index < -0.39 is 0 Å². The Hall–Kier alpha value is -3.59. The van der Waals surface area contributed by atoms with Gasteiger partial charge in [-0.15, -0.1) is 0 Å². The first kappa shape index (κ1) is 17.2. The van der Waals surface area contributed by atoms with Crippen LogP contribution in [-0.2, 0) is 0 Å². The van der Waals surface area contributed by atoms with E-state index >= 15 is 0 Å². The molecule has 0 spiro atoms. The van der Waals surface area contributed by atoms with Crippen LogP contribution in [0.5, 0.6) is 0 Å². The van der Waals surface area contributed by atoms with Crippen LogP contribution >= 0.6 is 0 Å². The highest BCUT2D eigenvalue weighted by atomic mass is 16.2. The smallest absolute Gasteiger partial charge is 0.319 e. The van der Waals surface area contributed by atoms with Crippen molar-refractivity contribution < 1.29 is 4.79 Å². The lowest BCUT2D eigenvalue weighted by Crippen LogP contribution is -2.32. The van der Waals surface area contributed by atoms with Crippen molar-refractivity contribution >= 4 is 28.4 Å². The molecular formula is C20H19N5O. The van der Waals surface area contributed by atoms with Crippen molar-refractivity contribution in [1.82, 2.24) is 10.3 Å². The van der Waals surface area contributed by atoms with Crippen LogP contribution in [-0.4, -0.2) is 24.1 Å². The molecule has 2 amide bonds. The summed E-state index contributed by atoms with van der Waals surface area (Å²) in [5.41, 5.74) is 3.13. The van der Waals surface area contributed by atoms with Crippen molar-refractivity contribution in [3.63, 3.8) is 0 Å². The number of hydrogen-bond donors (Lipinski definition) is 3. The van der Waals surface area contributed by atoms with Gasteiger partial charge in [0.05, 0.1) is 11.1 Å². The van der Waals surface area contributed by atoms with E-state index in [1.54, 1.807) is 0 Å². The zero-order valence-corrected chi connectivity index (χ0v) is 14.4. The van der Waals surface area contributed by atoms with Crippen LogP contribution in [0.4, 0.5) is 16.3 Å². The lowest BCUT2D eigenvalue weighted by Gasteiger charge is -2.11. The van der Waals surface area contributed by atoms with Gasteiger partial charge in [-0.05, 0) is 30.7 Å². The average molecular weight is 345 g/mol. The number of anilines is 2. The number of nitrogens with zero attached hydrogens (tertiary/aromatic N) is 2. The minimum Gasteiger partial charge on any atom is -0.367 e. The van der Waals surface area contributed by atoms with Crippen LogP contribution in [0.15, 0.2) is 54.6 Å². The summed E-state index contributed by atoms with van der Waals surface area (Å²) in [6.07, 6.45) is 0. The molecule has 0 fully saturated rings. The molecule has 6 nitrogen and oxygen atoms in total. The molecule has 0 saturated carbocycles. The Morgan fingerprint density at radius 2 is 1.92 bits per heavy atom. The number of aryl methyl sites for hydroxylation is 1. The molecule has 3 N–H and O–H groups in total. The molecule has 0 aliphatic rings. The van der Waals surface area contributed by atoms with E-state index in [-0.39, 0.29) is 6.03 Å². The first-order valence-electron chi connectivity index (χ1n) is 8.31. The largest absolute Gasteiger partial charge is 0.367 e. The Labute approximate surface area is 151 Å². The predicted octanol–water partition coefficient (Wildman–Crippen LogP) is 3.65. The van der Waals surface area contributed by atoms with Crippen LogP contribution in [0.2, 0.25) is 0 Å². The SMILES string of the molecule is Cc1cccc2cc(C#N)c(NCCNC(=O)Nc3ccccc3)nc12. The van der Waals surface area contributed by atoms with Crippen molar-refractivity contribution in [3.05, 3.63) is 65.7 Å². The summed E-state index contributed by atoms with van der Waals surface area (Å²) >= 11 is 0. The Morgan fingerprint density at radius 1 is 1.12 bits per heavy atom.